The first-order valence-corrected chi connectivity index (χ1v) is 13.7. The number of amides is 2. The summed E-state index contributed by atoms with van der Waals surface area (Å²) in [7, 11) is 0. The molecule has 200 valence electrons. The average Bonchev–Trinajstić information content (AvgIpc) is 2.94. The van der Waals surface area contributed by atoms with Crippen molar-refractivity contribution < 1.29 is 9.59 Å². The fourth-order valence-corrected chi connectivity index (χ4v) is 5.25. The van der Waals surface area contributed by atoms with Crippen molar-refractivity contribution >= 4 is 67.5 Å². The van der Waals surface area contributed by atoms with Crippen LogP contribution >= 0.6 is 39.1 Å². The molecule has 1 saturated heterocycles. The smallest absolute Gasteiger partial charge is 0.280 e. The number of nitrogens with zero attached hydrogens (tertiary/aromatic N) is 3. The van der Waals surface area contributed by atoms with Crippen LogP contribution in [0.3, 0.4) is 0 Å². The molecule has 3 aromatic carbocycles. The number of anilines is 1. The molecule has 0 bridgehead atoms. The zero-order chi connectivity index (χ0) is 27.5. The van der Waals surface area contributed by atoms with Crippen LogP contribution in [-0.2, 0) is 16.0 Å². The molecule has 0 saturated carbocycles. The molecule has 39 heavy (non-hydrogen) atoms. The first-order chi connectivity index (χ1) is 18.8. The second-order valence-electron chi connectivity index (χ2n) is 8.82. The van der Waals surface area contributed by atoms with Gasteiger partial charge in [-0.2, -0.15) is 0 Å². The van der Waals surface area contributed by atoms with Gasteiger partial charge in [0.1, 0.15) is 23.8 Å². The predicted octanol–water partition coefficient (Wildman–Crippen LogP) is 4.23. The van der Waals surface area contributed by atoms with E-state index in [0.717, 1.165) is 15.7 Å². The average molecular weight is 630 g/mol. The van der Waals surface area contributed by atoms with Gasteiger partial charge in [-0.1, -0.05) is 70.0 Å². The molecular formula is C27H23BrCl2N6O3. The van der Waals surface area contributed by atoms with E-state index in [1.807, 2.05) is 54.6 Å². The second-order valence-corrected chi connectivity index (χ2v) is 10.6. The maximum absolute atomic E-state index is 13.4. The highest BCUT2D eigenvalue weighted by atomic mass is 79.9. The number of hydrogen-bond donors (Lipinski definition) is 3. The van der Waals surface area contributed by atoms with Gasteiger partial charge in [0.25, 0.3) is 17.4 Å². The van der Waals surface area contributed by atoms with Crippen molar-refractivity contribution in [3.05, 3.63) is 104 Å². The Bertz CT molecular complexity index is 1600. The lowest BCUT2D eigenvalue weighted by atomic mass is 9.95. The zero-order valence-corrected chi connectivity index (χ0v) is 23.5. The van der Waals surface area contributed by atoms with Gasteiger partial charge in [-0.15, -0.1) is 11.6 Å². The largest absolute Gasteiger partial charge is 0.383 e. The molecule has 3 N–H and O–H groups in total. The van der Waals surface area contributed by atoms with Crippen molar-refractivity contribution in [3.8, 4) is 0 Å². The molecule has 0 aliphatic carbocycles. The van der Waals surface area contributed by atoms with Crippen molar-refractivity contribution in [2.75, 3.05) is 23.8 Å². The van der Waals surface area contributed by atoms with Gasteiger partial charge in [-0.3, -0.25) is 19.8 Å². The molecule has 1 fully saturated rings. The molecule has 1 aliphatic rings. The summed E-state index contributed by atoms with van der Waals surface area (Å²) in [6.07, 6.45) is 0.357. The lowest BCUT2D eigenvalue weighted by Crippen LogP contribution is -2.64. The summed E-state index contributed by atoms with van der Waals surface area (Å²) >= 11 is 15.9. The first-order valence-electron chi connectivity index (χ1n) is 12.1. The Morgan fingerprint density at radius 3 is 2.54 bits per heavy atom. The van der Waals surface area contributed by atoms with E-state index in [9.17, 15) is 14.4 Å². The number of nitrogens with one attached hydrogen (secondary N) is 3. The van der Waals surface area contributed by atoms with E-state index in [-0.39, 0.29) is 12.1 Å². The summed E-state index contributed by atoms with van der Waals surface area (Å²) in [5.41, 5.74) is 7.21. The van der Waals surface area contributed by atoms with Crippen LogP contribution in [0.25, 0.3) is 10.9 Å². The minimum Gasteiger partial charge on any atom is -0.383 e. The predicted molar refractivity (Wildman–Crippen MR) is 155 cm³/mol. The van der Waals surface area contributed by atoms with E-state index in [1.54, 1.807) is 18.2 Å². The van der Waals surface area contributed by atoms with Crippen LogP contribution in [0.1, 0.15) is 17.4 Å². The summed E-state index contributed by atoms with van der Waals surface area (Å²) in [5.74, 6) is -0.501. The van der Waals surface area contributed by atoms with Crippen LogP contribution in [0.2, 0.25) is 5.02 Å². The Balaban J connectivity index is 1.33. The van der Waals surface area contributed by atoms with E-state index in [2.05, 4.69) is 37.1 Å². The van der Waals surface area contributed by atoms with Gasteiger partial charge in [0.05, 0.1) is 21.6 Å². The highest BCUT2D eigenvalue weighted by molar-refractivity contribution is 9.10. The van der Waals surface area contributed by atoms with Crippen molar-refractivity contribution in [1.29, 1.82) is 0 Å². The molecule has 2 unspecified atom stereocenters. The zero-order valence-electron chi connectivity index (χ0n) is 20.4. The molecule has 1 aliphatic heterocycles. The van der Waals surface area contributed by atoms with Crippen molar-refractivity contribution in [1.82, 2.24) is 20.1 Å². The number of alkyl halides is 1. The molecule has 0 spiro atoms. The molecule has 2 atom stereocenters. The fourth-order valence-electron chi connectivity index (χ4n) is 4.32. The molecule has 5 rings (SSSR count). The van der Waals surface area contributed by atoms with Crippen molar-refractivity contribution in [2.45, 2.75) is 17.8 Å². The second kappa shape index (κ2) is 11.6. The number of β-lactam (4-membered cyclic amide) rings is 1. The minimum absolute atomic E-state index is 0.287. The minimum atomic E-state index is -0.774. The van der Waals surface area contributed by atoms with E-state index in [1.165, 1.54) is 9.69 Å². The first kappa shape index (κ1) is 27.0. The molecule has 0 radical (unpaired) electrons. The summed E-state index contributed by atoms with van der Waals surface area (Å²) in [4.78, 5) is 43.3. The molecular weight excluding hydrogens is 607 g/mol. The Morgan fingerprint density at radius 2 is 1.77 bits per heavy atom. The SMILES string of the molecule is O=C(CNn1c(CCNc2ccccc2Cl)nc2ccc(Br)cc2c1=O)NN1C(=O)C(Cl)C1c1ccccc1. The molecule has 12 heteroatoms. The number of benzene rings is 3. The number of halogens is 3. The third-order valence-corrected chi connectivity index (χ3v) is 7.50. The number of carbonyl (C=O) groups is 2. The summed E-state index contributed by atoms with van der Waals surface area (Å²) in [6.45, 7) is 0.147. The van der Waals surface area contributed by atoms with Crippen LogP contribution in [-0.4, -0.2) is 44.9 Å². The third-order valence-electron chi connectivity index (χ3n) is 6.25. The molecule has 2 amide bonds. The van der Waals surface area contributed by atoms with Gasteiger partial charge in [-0.05, 0) is 35.9 Å². The van der Waals surface area contributed by atoms with E-state index in [0.29, 0.717) is 34.7 Å². The van der Waals surface area contributed by atoms with Gasteiger partial charge in [-0.25, -0.2) is 14.7 Å². The standard InChI is InChI=1S/C27H23BrCl2N6O3/c28-17-10-11-20-18(14-17)26(38)35(22(33-20)12-13-31-21-9-5-4-8-19(21)29)32-15-23(37)34-36-25(24(30)27(36)39)16-6-2-1-3-7-16/h1-11,14,24-25,31-32H,12-13,15H2,(H,34,37). The molecule has 4 aromatic rings. The topological polar surface area (TPSA) is 108 Å². The maximum atomic E-state index is 13.4. The Hall–Kier alpha value is -3.60. The highest BCUT2D eigenvalue weighted by Crippen LogP contribution is 2.36. The van der Waals surface area contributed by atoms with Crippen LogP contribution in [0.4, 0.5) is 5.69 Å². The summed E-state index contributed by atoms with van der Waals surface area (Å²) < 4.78 is 1.99. The number of hydrogen-bond acceptors (Lipinski definition) is 6. The number of para-hydroxylation sites is 1. The van der Waals surface area contributed by atoms with Crippen molar-refractivity contribution in [3.63, 3.8) is 0 Å². The Morgan fingerprint density at radius 1 is 1.03 bits per heavy atom. The van der Waals surface area contributed by atoms with E-state index < -0.39 is 23.2 Å². The molecule has 1 aromatic heterocycles. The van der Waals surface area contributed by atoms with E-state index in [4.69, 9.17) is 23.2 Å². The quantitative estimate of drug-likeness (QED) is 0.189. The molecule has 9 nitrogen and oxygen atoms in total. The van der Waals surface area contributed by atoms with Gasteiger partial charge in [0.15, 0.2) is 0 Å². The molecule has 2 heterocycles. The summed E-state index contributed by atoms with van der Waals surface area (Å²) in [5, 5.41) is 4.64. The number of aromatic nitrogens is 2. The number of hydrazine groups is 1. The van der Waals surface area contributed by atoms with E-state index >= 15 is 0 Å². The van der Waals surface area contributed by atoms with Crippen LogP contribution in [0, 0.1) is 0 Å². The number of fused-ring (bicyclic) bond motifs is 1. The summed E-state index contributed by atoms with van der Waals surface area (Å²) in [6, 6.07) is 21.3. The fraction of sp³-hybridized carbons (Fsp3) is 0.185. The Kier molecular flexibility index (Phi) is 8.06. The third kappa shape index (κ3) is 5.73. The maximum Gasteiger partial charge on any atom is 0.280 e. The normalized spacial score (nSPS) is 16.6. The highest BCUT2D eigenvalue weighted by Gasteiger charge is 2.48. The monoisotopic (exact) mass is 628 g/mol. The van der Waals surface area contributed by atoms with Crippen LogP contribution in [0.5, 0.6) is 0 Å². The Labute approximate surface area is 242 Å². The number of rotatable bonds is 9. The van der Waals surface area contributed by atoms with Gasteiger partial charge in [0.2, 0.25) is 0 Å². The van der Waals surface area contributed by atoms with Gasteiger partial charge >= 0.3 is 0 Å². The number of carbonyl (C=O) groups excluding carboxylic acids is 2. The van der Waals surface area contributed by atoms with Crippen molar-refractivity contribution in [2.24, 2.45) is 0 Å². The van der Waals surface area contributed by atoms with Gasteiger partial charge in [0, 0.05) is 17.4 Å². The van der Waals surface area contributed by atoms with Crippen LogP contribution in [0.15, 0.2) is 82.1 Å². The van der Waals surface area contributed by atoms with Gasteiger partial charge < -0.3 is 10.7 Å². The lowest BCUT2D eigenvalue weighted by molar-refractivity contribution is -0.156. The van der Waals surface area contributed by atoms with Crippen LogP contribution < -0.4 is 21.7 Å². The lowest BCUT2D eigenvalue weighted by Gasteiger charge is -2.43.